The molecular weight excluding hydrogens is 547 g/mol. The van der Waals surface area contributed by atoms with Crippen molar-refractivity contribution < 1.29 is 28.8 Å². The van der Waals surface area contributed by atoms with Gasteiger partial charge in [0.25, 0.3) is 0 Å². The molecule has 0 amide bonds. The van der Waals surface area contributed by atoms with Crippen molar-refractivity contribution in [1.29, 1.82) is 0 Å². The first-order valence-electron chi connectivity index (χ1n) is 11.4. The van der Waals surface area contributed by atoms with E-state index < -0.39 is 17.7 Å². The predicted octanol–water partition coefficient (Wildman–Crippen LogP) is 5.31. The highest BCUT2D eigenvalue weighted by atomic mass is 127. The topological polar surface area (TPSA) is 74.2 Å². The van der Waals surface area contributed by atoms with Crippen molar-refractivity contribution in [3.05, 3.63) is 63.0 Å². The normalized spacial score (nSPS) is 18.5. The van der Waals surface area contributed by atoms with Crippen LogP contribution in [0.15, 0.2) is 53.8 Å². The number of carbonyl (C=O) groups is 1. The third-order valence-corrected chi connectivity index (χ3v) is 5.82. The molecule has 0 bridgehead atoms. The van der Waals surface area contributed by atoms with E-state index in [0.717, 1.165) is 26.2 Å². The molecule has 1 aliphatic carbocycles. The second kappa shape index (κ2) is 14.2. The van der Waals surface area contributed by atoms with Crippen molar-refractivity contribution in [2.45, 2.75) is 52.2 Å². The number of allylic oxidation sites excluding steroid dienone is 3. The number of halogens is 1. The molecule has 0 saturated heterocycles. The van der Waals surface area contributed by atoms with Crippen molar-refractivity contribution in [1.82, 2.24) is 0 Å². The Balaban J connectivity index is 2.00. The number of aliphatic carboxylic acids is 1. The average molecular weight is 580 g/mol. The van der Waals surface area contributed by atoms with E-state index in [2.05, 4.69) is 34.4 Å². The molecule has 1 unspecified atom stereocenters. The summed E-state index contributed by atoms with van der Waals surface area (Å²) in [6.07, 6.45) is 7.82. The highest BCUT2D eigenvalue weighted by Gasteiger charge is 2.29. The third kappa shape index (κ3) is 8.82. The van der Waals surface area contributed by atoms with Crippen LogP contribution >= 0.6 is 22.6 Å². The zero-order valence-electron chi connectivity index (χ0n) is 20.2. The number of carboxylic acid groups (broad SMARTS) is 1. The number of benzene rings is 1. The summed E-state index contributed by atoms with van der Waals surface area (Å²) >= 11 is 2.19. The van der Waals surface area contributed by atoms with Gasteiger partial charge in [0.15, 0.2) is 11.7 Å². The van der Waals surface area contributed by atoms with Crippen LogP contribution in [0.4, 0.5) is 0 Å². The summed E-state index contributed by atoms with van der Waals surface area (Å²) in [5.41, 5.74) is 1.08. The minimum Gasteiger partial charge on any atom is -0.498 e. The lowest BCUT2D eigenvalue weighted by Gasteiger charge is -2.28. The van der Waals surface area contributed by atoms with Gasteiger partial charge in [0.1, 0.15) is 18.1 Å². The number of hydrogen-bond acceptors (Lipinski definition) is 5. The van der Waals surface area contributed by atoms with Gasteiger partial charge in [0, 0.05) is 26.1 Å². The summed E-state index contributed by atoms with van der Waals surface area (Å²) in [6, 6.07) is 5.65. The zero-order chi connectivity index (χ0) is 25.0. The van der Waals surface area contributed by atoms with Gasteiger partial charge in [0.2, 0.25) is 0 Å². The molecule has 0 fully saturated rings. The molecule has 0 radical (unpaired) electrons. The van der Waals surface area contributed by atoms with E-state index >= 15 is 0 Å². The van der Waals surface area contributed by atoms with Crippen LogP contribution in [0.2, 0.25) is 0 Å². The number of carboxylic acids is 1. The van der Waals surface area contributed by atoms with E-state index in [0.29, 0.717) is 39.3 Å². The van der Waals surface area contributed by atoms with Gasteiger partial charge in [-0.25, -0.2) is 4.79 Å². The lowest BCUT2D eigenvalue weighted by atomic mass is 9.93. The Morgan fingerprint density at radius 3 is 2.68 bits per heavy atom. The number of rotatable bonds is 12. The van der Waals surface area contributed by atoms with Gasteiger partial charge in [0.05, 0.1) is 10.2 Å². The molecule has 0 aromatic heterocycles. The smallest absolute Gasteiger partial charge is 0.333 e. The molecule has 1 aromatic carbocycles. The van der Waals surface area contributed by atoms with Gasteiger partial charge in [-0.2, -0.15) is 0 Å². The molecule has 34 heavy (non-hydrogen) atoms. The Labute approximate surface area is 216 Å². The quantitative estimate of drug-likeness (QED) is 0.267. The zero-order valence-corrected chi connectivity index (χ0v) is 22.4. The maximum atomic E-state index is 11.3. The Morgan fingerprint density at radius 2 is 2.03 bits per heavy atom. The van der Waals surface area contributed by atoms with Crippen molar-refractivity contribution >= 4 is 28.6 Å². The van der Waals surface area contributed by atoms with Gasteiger partial charge in [-0.15, -0.1) is 0 Å². The first-order valence-corrected chi connectivity index (χ1v) is 12.5. The molecule has 0 saturated carbocycles. The standard InChI is InChI=1S/C27H33IO6/c1-5-31-22-9-8-14-27(19-22,34-7-3)15-12-20(4)13-16-33-24-11-10-21(17-23(24)28)18-25(26(29)30)32-6-2/h8-11,13-14,17,25H,5-7,16,18-19H2,1-4H3,(H,29,30)/b20-13-/t25-,27?/m0/s1. The largest absolute Gasteiger partial charge is 0.498 e. The van der Waals surface area contributed by atoms with E-state index in [1.165, 1.54) is 0 Å². The van der Waals surface area contributed by atoms with Crippen LogP contribution in [0.1, 0.15) is 39.7 Å². The van der Waals surface area contributed by atoms with Crippen LogP contribution < -0.4 is 4.74 Å². The van der Waals surface area contributed by atoms with Crippen molar-refractivity contribution in [3.8, 4) is 17.6 Å². The minimum absolute atomic E-state index is 0.310. The SMILES string of the molecule is CCOC1=CC=CC(C#C/C(C)=C\COc2ccc(C[C@H](OCC)C(=O)O)cc2I)(OCC)C1. The van der Waals surface area contributed by atoms with E-state index in [-0.39, 0.29) is 0 Å². The lowest BCUT2D eigenvalue weighted by Crippen LogP contribution is -2.31. The molecule has 184 valence electrons. The molecule has 1 aliphatic rings. The van der Waals surface area contributed by atoms with E-state index in [1.807, 2.05) is 63.3 Å². The fourth-order valence-corrected chi connectivity index (χ4v) is 4.12. The van der Waals surface area contributed by atoms with Gasteiger partial charge >= 0.3 is 5.97 Å². The monoisotopic (exact) mass is 580 g/mol. The summed E-state index contributed by atoms with van der Waals surface area (Å²) in [7, 11) is 0. The van der Waals surface area contributed by atoms with Crippen molar-refractivity contribution in [2.75, 3.05) is 26.4 Å². The summed E-state index contributed by atoms with van der Waals surface area (Å²) < 4.78 is 23.7. The van der Waals surface area contributed by atoms with Gasteiger partial charge in [-0.3, -0.25) is 0 Å². The highest BCUT2D eigenvalue weighted by Crippen LogP contribution is 2.27. The number of ether oxygens (including phenoxy) is 4. The second-order valence-electron chi connectivity index (χ2n) is 7.62. The van der Waals surface area contributed by atoms with Crippen LogP contribution in [-0.4, -0.2) is 49.2 Å². The number of hydrogen-bond donors (Lipinski definition) is 1. The van der Waals surface area contributed by atoms with Crippen LogP contribution in [0.3, 0.4) is 0 Å². The van der Waals surface area contributed by atoms with Gasteiger partial charge < -0.3 is 24.1 Å². The van der Waals surface area contributed by atoms with E-state index in [9.17, 15) is 9.90 Å². The molecule has 0 heterocycles. The fourth-order valence-electron chi connectivity index (χ4n) is 3.38. The maximum Gasteiger partial charge on any atom is 0.333 e. The fraction of sp³-hybridized carbons (Fsp3) is 0.444. The molecule has 2 atom stereocenters. The molecule has 1 N–H and O–H groups in total. The first kappa shape index (κ1) is 28.0. The van der Waals surface area contributed by atoms with Crippen LogP contribution in [-0.2, 0) is 25.4 Å². The molecule has 0 aliphatic heterocycles. The Bertz CT molecular complexity index is 985. The van der Waals surface area contributed by atoms with Gasteiger partial charge in [-0.1, -0.05) is 24.0 Å². The Kier molecular flexibility index (Phi) is 11.7. The van der Waals surface area contributed by atoms with Crippen molar-refractivity contribution in [3.63, 3.8) is 0 Å². The molecule has 6 nitrogen and oxygen atoms in total. The summed E-state index contributed by atoms with van der Waals surface area (Å²) in [6.45, 7) is 9.53. The molecule has 1 aromatic rings. The first-order chi connectivity index (χ1) is 16.3. The summed E-state index contributed by atoms with van der Waals surface area (Å²) in [5, 5.41) is 9.28. The Morgan fingerprint density at radius 1 is 1.24 bits per heavy atom. The minimum atomic E-state index is -0.959. The predicted molar refractivity (Wildman–Crippen MR) is 141 cm³/mol. The average Bonchev–Trinajstić information content (AvgIpc) is 2.79. The molecule has 7 heteroatoms. The lowest BCUT2D eigenvalue weighted by molar-refractivity contribution is -0.149. The highest BCUT2D eigenvalue weighted by molar-refractivity contribution is 14.1. The molecule has 0 spiro atoms. The van der Waals surface area contributed by atoms with Crippen LogP contribution in [0.25, 0.3) is 0 Å². The van der Waals surface area contributed by atoms with E-state index in [4.69, 9.17) is 18.9 Å². The summed E-state index contributed by atoms with van der Waals surface area (Å²) in [4.78, 5) is 11.3. The van der Waals surface area contributed by atoms with Crippen LogP contribution in [0.5, 0.6) is 5.75 Å². The third-order valence-electron chi connectivity index (χ3n) is 4.98. The van der Waals surface area contributed by atoms with Gasteiger partial charge in [-0.05, 0) is 91.8 Å². The van der Waals surface area contributed by atoms with Crippen LogP contribution in [0, 0.1) is 15.4 Å². The van der Waals surface area contributed by atoms with E-state index in [1.54, 1.807) is 6.92 Å². The Hall–Kier alpha value is -2.28. The molecule has 2 rings (SSSR count). The second-order valence-corrected chi connectivity index (χ2v) is 8.79. The summed E-state index contributed by atoms with van der Waals surface area (Å²) in [5.74, 6) is 7.10. The maximum absolute atomic E-state index is 11.3. The van der Waals surface area contributed by atoms with Crippen molar-refractivity contribution in [2.24, 2.45) is 0 Å². The molecular formula is C27H33IO6.